The maximum atomic E-state index is 13.0. The third kappa shape index (κ3) is 3.90. The predicted molar refractivity (Wildman–Crippen MR) is 108 cm³/mol. The Hall–Kier alpha value is -3.01. The van der Waals surface area contributed by atoms with E-state index in [1.54, 1.807) is 6.07 Å². The monoisotopic (exact) mass is 360 g/mol. The maximum absolute atomic E-state index is 13.0. The molecule has 0 fully saturated rings. The van der Waals surface area contributed by atoms with Crippen molar-refractivity contribution in [3.05, 3.63) is 88.2 Å². The molecule has 0 N–H and O–H groups in total. The molecule has 2 aromatic carbocycles. The van der Waals surface area contributed by atoms with Gasteiger partial charge in [-0.15, -0.1) is 0 Å². The summed E-state index contributed by atoms with van der Waals surface area (Å²) in [5.41, 5.74) is 2.57. The first kappa shape index (κ1) is 18.8. The first-order chi connectivity index (χ1) is 12.9. The second-order valence-corrected chi connectivity index (χ2v) is 7.15. The van der Waals surface area contributed by atoms with Crippen LogP contribution in [0.3, 0.4) is 0 Å². The van der Waals surface area contributed by atoms with Gasteiger partial charge in [0.05, 0.1) is 11.1 Å². The van der Waals surface area contributed by atoms with Crippen LogP contribution >= 0.6 is 0 Å². The number of nitrogens with zero attached hydrogens (tertiary/aromatic N) is 2. The van der Waals surface area contributed by atoms with Crippen LogP contribution in [0.25, 0.3) is 11.3 Å². The van der Waals surface area contributed by atoms with Gasteiger partial charge < -0.3 is 0 Å². The highest BCUT2D eigenvalue weighted by atomic mass is 16.1. The summed E-state index contributed by atoms with van der Waals surface area (Å²) in [5.74, 6) is -0.0495. The Balaban J connectivity index is 1.98. The smallest absolute Gasteiger partial charge is 0.267 e. The number of aryl methyl sites for hydroxylation is 1. The summed E-state index contributed by atoms with van der Waals surface area (Å²) in [6.07, 6.45) is 0.705. The SMILES string of the molecule is CCc1cc(=O)n(CC(=O)C(C)(C)c2ccccc2)nc1-c1ccccc1. The molecule has 1 aromatic heterocycles. The Kier molecular flexibility index (Phi) is 5.36. The fourth-order valence-electron chi connectivity index (χ4n) is 3.10. The van der Waals surface area contributed by atoms with Gasteiger partial charge in [0.2, 0.25) is 0 Å². The number of benzene rings is 2. The van der Waals surface area contributed by atoms with Crippen molar-refractivity contribution in [2.45, 2.75) is 39.2 Å². The average Bonchev–Trinajstić information content (AvgIpc) is 2.70. The zero-order valence-electron chi connectivity index (χ0n) is 16.0. The van der Waals surface area contributed by atoms with E-state index in [1.165, 1.54) is 4.68 Å². The Morgan fingerprint density at radius 3 is 2.19 bits per heavy atom. The predicted octanol–water partition coefficient (Wildman–Crippen LogP) is 4.02. The van der Waals surface area contributed by atoms with Gasteiger partial charge in [0.1, 0.15) is 6.54 Å². The van der Waals surface area contributed by atoms with Crippen LogP contribution < -0.4 is 5.56 Å². The standard InChI is InChI=1S/C23H24N2O2/c1-4-17-15-21(27)25(24-22(17)18-11-7-5-8-12-18)16-20(26)23(2,3)19-13-9-6-10-14-19/h5-15H,4,16H2,1-3H3. The summed E-state index contributed by atoms with van der Waals surface area (Å²) in [4.78, 5) is 25.5. The number of Topliss-reactive ketones (excluding diaryl/α,β-unsaturated/α-hetero) is 1. The molecule has 4 heteroatoms. The van der Waals surface area contributed by atoms with Gasteiger partial charge in [0.15, 0.2) is 5.78 Å². The Labute approximate surface area is 159 Å². The molecular formula is C23H24N2O2. The van der Waals surface area contributed by atoms with E-state index in [4.69, 9.17) is 0 Å². The summed E-state index contributed by atoms with van der Waals surface area (Å²) < 4.78 is 1.29. The number of rotatable bonds is 6. The van der Waals surface area contributed by atoms with E-state index in [1.807, 2.05) is 81.4 Å². The fraction of sp³-hybridized carbons (Fsp3) is 0.261. The lowest BCUT2D eigenvalue weighted by atomic mass is 9.80. The summed E-state index contributed by atoms with van der Waals surface area (Å²) >= 11 is 0. The minimum absolute atomic E-state index is 0.0495. The van der Waals surface area contributed by atoms with Crippen molar-refractivity contribution >= 4 is 5.78 Å². The molecule has 0 radical (unpaired) electrons. The molecule has 3 aromatic rings. The van der Waals surface area contributed by atoms with E-state index < -0.39 is 5.41 Å². The molecule has 0 unspecified atom stereocenters. The number of ketones is 1. The number of carbonyl (C=O) groups excluding carboxylic acids is 1. The Morgan fingerprint density at radius 1 is 1.00 bits per heavy atom. The van der Waals surface area contributed by atoms with Crippen molar-refractivity contribution in [1.82, 2.24) is 9.78 Å². The minimum atomic E-state index is -0.696. The zero-order valence-corrected chi connectivity index (χ0v) is 16.0. The molecule has 3 rings (SSSR count). The average molecular weight is 360 g/mol. The topological polar surface area (TPSA) is 52.0 Å². The first-order valence-corrected chi connectivity index (χ1v) is 9.18. The molecule has 0 saturated heterocycles. The van der Waals surface area contributed by atoms with Gasteiger partial charge in [-0.05, 0) is 31.4 Å². The molecule has 1 heterocycles. The number of hydrogen-bond acceptors (Lipinski definition) is 3. The van der Waals surface area contributed by atoms with Crippen molar-refractivity contribution in [1.29, 1.82) is 0 Å². The minimum Gasteiger partial charge on any atom is -0.297 e. The van der Waals surface area contributed by atoms with E-state index in [0.717, 1.165) is 22.4 Å². The van der Waals surface area contributed by atoms with Crippen LogP contribution in [0.1, 0.15) is 31.9 Å². The second kappa shape index (κ2) is 7.70. The molecule has 0 aliphatic carbocycles. The van der Waals surface area contributed by atoms with Gasteiger partial charge in [-0.25, -0.2) is 4.68 Å². The third-order valence-corrected chi connectivity index (χ3v) is 4.99. The zero-order chi connectivity index (χ0) is 19.4. The van der Waals surface area contributed by atoms with E-state index in [2.05, 4.69) is 5.10 Å². The Bertz CT molecular complexity index is 990. The van der Waals surface area contributed by atoms with Gasteiger partial charge >= 0.3 is 0 Å². The number of aromatic nitrogens is 2. The lowest BCUT2D eigenvalue weighted by Crippen LogP contribution is -2.36. The van der Waals surface area contributed by atoms with Crippen molar-refractivity contribution in [3.63, 3.8) is 0 Å². The molecule has 0 amide bonds. The molecule has 0 aliphatic rings. The third-order valence-electron chi connectivity index (χ3n) is 4.99. The normalized spacial score (nSPS) is 11.4. The van der Waals surface area contributed by atoms with Crippen molar-refractivity contribution in [3.8, 4) is 11.3 Å². The van der Waals surface area contributed by atoms with Crippen LogP contribution in [0.2, 0.25) is 0 Å². The lowest BCUT2D eigenvalue weighted by Gasteiger charge is -2.24. The largest absolute Gasteiger partial charge is 0.297 e. The highest BCUT2D eigenvalue weighted by molar-refractivity contribution is 5.89. The quantitative estimate of drug-likeness (QED) is 0.667. The van der Waals surface area contributed by atoms with Crippen LogP contribution in [-0.4, -0.2) is 15.6 Å². The van der Waals surface area contributed by atoms with Crippen LogP contribution in [-0.2, 0) is 23.2 Å². The molecule has 0 saturated carbocycles. The summed E-state index contributed by atoms with van der Waals surface area (Å²) in [7, 11) is 0. The lowest BCUT2D eigenvalue weighted by molar-refractivity contribution is -0.124. The van der Waals surface area contributed by atoms with Crippen LogP contribution in [0, 0.1) is 0 Å². The van der Waals surface area contributed by atoms with Crippen LogP contribution in [0.5, 0.6) is 0 Å². The molecular weight excluding hydrogens is 336 g/mol. The molecule has 4 nitrogen and oxygen atoms in total. The highest BCUT2D eigenvalue weighted by Crippen LogP contribution is 2.25. The molecule has 27 heavy (non-hydrogen) atoms. The van der Waals surface area contributed by atoms with Gasteiger partial charge in [0.25, 0.3) is 5.56 Å². The molecule has 0 bridgehead atoms. The number of carbonyl (C=O) groups is 1. The second-order valence-electron chi connectivity index (χ2n) is 7.15. The summed E-state index contributed by atoms with van der Waals surface area (Å²) in [6, 6.07) is 21.0. The summed E-state index contributed by atoms with van der Waals surface area (Å²) in [6.45, 7) is 5.71. The van der Waals surface area contributed by atoms with Crippen molar-refractivity contribution in [2.24, 2.45) is 0 Å². The van der Waals surface area contributed by atoms with E-state index in [-0.39, 0.29) is 17.9 Å². The Morgan fingerprint density at radius 2 is 1.59 bits per heavy atom. The van der Waals surface area contributed by atoms with Gasteiger partial charge in [-0.3, -0.25) is 9.59 Å². The van der Waals surface area contributed by atoms with E-state index in [9.17, 15) is 9.59 Å². The van der Waals surface area contributed by atoms with Crippen LogP contribution in [0.4, 0.5) is 0 Å². The maximum Gasteiger partial charge on any atom is 0.267 e. The highest BCUT2D eigenvalue weighted by Gasteiger charge is 2.30. The molecule has 0 aliphatic heterocycles. The van der Waals surface area contributed by atoms with Gasteiger partial charge in [-0.1, -0.05) is 67.6 Å². The molecule has 0 spiro atoms. The fourth-order valence-corrected chi connectivity index (χ4v) is 3.10. The van der Waals surface area contributed by atoms with Gasteiger partial charge in [-0.2, -0.15) is 5.10 Å². The number of hydrogen-bond donors (Lipinski definition) is 0. The van der Waals surface area contributed by atoms with E-state index >= 15 is 0 Å². The van der Waals surface area contributed by atoms with Crippen molar-refractivity contribution in [2.75, 3.05) is 0 Å². The molecule has 138 valence electrons. The van der Waals surface area contributed by atoms with E-state index in [0.29, 0.717) is 6.42 Å². The van der Waals surface area contributed by atoms with Crippen LogP contribution in [0.15, 0.2) is 71.5 Å². The first-order valence-electron chi connectivity index (χ1n) is 9.18. The molecule has 0 atom stereocenters. The van der Waals surface area contributed by atoms with Crippen molar-refractivity contribution < 1.29 is 4.79 Å². The summed E-state index contributed by atoms with van der Waals surface area (Å²) in [5, 5.41) is 4.54. The van der Waals surface area contributed by atoms with Gasteiger partial charge in [0, 0.05) is 11.6 Å².